The first-order chi connectivity index (χ1) is 9.45. The molecule has 0 fully saturated rings. The molecular formula is C18H24BrN. The summed E-state index contributed by atoms with van der Waals surface area (Å²) in [6, 6.07) is 13.4. The summed E-state index contributed by atoms with van der Waals surface area (Å²) in [6.45, 7) is 10.2. The lowest BCUT2D eigenvalue weighted by Gasteiger charge is -2.33. The Hall–Kier alpha value is -0.860. The topological polar surface area (TPSA) is 12.0 Å². The highest BCUT2D eigenvalue weighted by Crippen LogP contribution is 2.38. The van der Waals surface area contributed by atoms with Gasteiger partial charge < -0.3 is 5.32 Å². The molecule has 1 atom stereocenters. The first kappa shape index (κ1) is 15.5. The molecule has 2 aromatic rings. The van der Waals surface area contributed by atoms with E-state index >= 15 is 0 Å². The van der Waals surface area contributed by atoms with Crippen molar-refractivity contribution in [3.8, 4) is 0 Å². The van der Waals surface area contributed by atoms with Crippen LogP contribution in [0.4, 0.5) is 0 Å². The summed E-state index contributed by atoms with van der Waals surface area (Å²) in [5.41, 5.74) is 1.58. The minimum absolute atomic E-state index is 0.186. The van der Waals surface area contributed by atoms with Crippen LogP contribution in [-0.2, 0) is 0 Å². The Kier molecular flexibility index (Phi) is 4.87. The molecule has 0 spiro atoms. The molecular weight excluding hydrogens is 310 g/mol. The van der Waals surface area contributed by atoms with Gasteiger partial charge in [0.05, 0.1) is 0 Å². The Balaban J connectivity index is 2.56. The zero-order chi connectivity index (χ0) is 14.8. The van der Waals surface area contributed by atoms with Crippen molar-refractivity contribution in [2.45, 2.75) is 40.2 Å². The standard InChI is InChI=1S/C18H24BrN/c1-5-12-20-17(18(2,3)4)15-10-11-16(19)14-9-7-6-8-13(14)15/h6-11,17,20H,5,12H2,1-4H3. The predicted octanol–water partition coefficient (Wildman–Crippen LogP) is 5.69. The highest BCUT2D eigenvalue weighted by Gasteiger charge is 2.27. The zero-order valence-corrected chi connectivity index (χ0v) is 14.4. The molecule has 2 heteroatoms. The quantitative estimate of drug-likeness (QED) is 0.757. The van der Waals surface area contributed by atoms with Crippen LogP contribution >= 0.6 is 15.9 Å². The maximum atomic E-state index is 3.72. The maximum Gasteiger partial charge on any atom is 0.0375 e. The van der Waals surface area contributed by atoms with Gasteiger partial charge in [-0.15, -0.1) is 0 Å². The number of hydrogen-bond acceptors (Lipinski definition) is 1. The number of rotatable bonds is 4. The lowest BCUT2D eigenvalue weighted by molar-refractivity contribution is 0.275. The van der Waals surface area contributed by atoms with E-state index in [4.69, 9.17) is 0 Å². The second kappa shape index (κ2) is 6.28. The van der Waals surface area contributed by atoms with Gasteiger partial charge in [-0.25, -0.2) is 0 Å². The Bertz CT molecular complexity index is 583. The molecule has 1 N–H and O–H groups in total. The molecule has 0 aliphatic heterocycles. The smallest absolute Gasteiger partial charge is 0.0375 e. The molecule has 2 aromatic carbocycles. The van der Waals surface area contributed by atoms with Crippen molar-refractivity contribution < 1.29 is 0 Å². The molecule has 0 heterocycles. The molecule has 0 saturated carbocycles. The van der Waals surface area contributed by atoms with Gasteiger partial charge >= 0.3 is 0 Å². The van der Waals surface area contributed by atoms with Crippen molar-refractivity contribution in [3.63, 3.8) is 0 Å². The first-order valence-corrected chi connectivity index (χ1v) is 8.15. The fraction of sp³-hybridized carbons (Fsp3) is 0.444. The van der Waals surface area contributed by atoms with Crippen LogP contribution in [0.15, 0.2) is 40.9 Å². The lowest BCUT2D eigenvalue weighted by atomic mass is 9.80. The summed E-state index contributed by atoms with van der Waals surface area (Å²) in [4.78, 5) is 0. The molecule has 1 nitrogen and oxygen atoms in total. The van der Waals surface area contributed by atoms with Crippen LogP contribution in [0.2, 0.25) is 0 Å². The van der Waals surface area contributed by atoms with Gasteiger partial charge in [-0.2, -0.15) is 0 Å². The van der Waals surface area contributed by atoms with E-state index in [9.17, 15) is 0 Å². The van der Waals surface area contributed by atoms with E-state index in [1.165, 1.54) is 20.8 Å². The van der Waals surface area contributed by atoms with E-state index in [1.54, 1.807) is 0 Å². The summed E-state index contributed by atoms with van der Waals surface area (Å²) >= 11 is 3.66. The average Bonchev–Trinajstić information content (AvgIpc) is 2.40. The monoisotopic (exact) mass is 333 g/mol. The summed E-state index contributed by atoms with van der Waals surface area (Å²) in [6.07, 6.45) is 1.15. The van der Waals surface area contributed by atoms with Crippen LogP contribution in [0.1, 0.15) is 45.7 Å². The van der Waals surface area contributed by atoms with Gasteiger partial charge in [-0.3, -0.25) is 0 Å². The van der Waals surface area contributed by atoms with Crippen molar-refractivity contribution in [3.05, 3.63) is 46.4 Å². The van der Waals surface area contributed by atoms with Crippen LogP contribution in [0.25, 0.3) is 10.8 Å². The van der Waals surface area contributed by atoms with Crippen LogP contribution < -0.4 is 5.32 Å². The number of fused-ring (bicyclic) bond motifs is 1. The molecule has 2 rings (SSSR count). The van der Waals surface area contributed by atoms with E-state index in [0.717, 1.165) is 13.0 Å². The largest absolute Gasteiger partial charge is 0.309 e. The normalized spacial score (nSPS) is 13.7. The Morgan fingerprint density at radius 2 is 1.70 bits per heavy atom. The second-order valence-corrected chi connectivity index (χ2v) is 7.29. The summed E-state index contributed by atoms with van der Waals surface area (Å²) < 4.78 is 1.17. The number of benzene rings is 2. The van der Waals surface area contributed by atoms with Gasteiger partial charge in [0.2, 0.25) is 0 Å². The summed E-state index contributed by atoms with van der Waals surface area (Å²) in [7, 11) is 0. The van der Waals surface area contributed by atoms with Gasteiger partial charge in [-0.1, -0.05) is 74.0 Å². The molecule has 20 heavy (non-hydrogen) atoms. The molecule has 0 radical (unpaired) electrons. The lowest BCUT2D eigenvalue weighted by Crippen LogP contribution is -2.33. The molecule has 0 aromatic heterocycles. The van der Waals surface area contributed by atoms with Crippen molar-refractivity contribution in [2.24, 2.45) is 5.41 Å². The third-order valence-corrected chi connectivity index (χ3v) is 4.37. The SMILES string of the molecule is CCCNC(c1ccc(Br)c2ccccc12)C(C)(C)C. The van der Waals surface area contributed by atoms with E-state index in [0.29, 0.717) is 6.04 Å². The fourth-order valence-electron chi connectivity index (χ4n) is 2.71. The molecule has 108 valence electrons. The van der Waals surface area contributed by atoms with Crippen LogP contribution in [-0.4, -0.2) is 6.54 Å². The van der Waals surface area contributed by atoms with Gasteiger partial charge in [0.15, 0.2) is 0 Å². The first-order valence-electron chi connectivity index (χ1n) is 7.35. The number of halogens is 1. The van der Waals surface area contributed by atoms with Crippen LogP contribution in [0, 0.1) is 5.41 Å². The molecule has 0 aliphatic rings. The highest BCUT2D eigenvalue weighted by molar-refractivity contribution is 9.10. The van der Waals surface area contributed by atoms with Gasteiger partial charge in [-0.05, 0) is 40.8 Å². The number of hydrogen-bond donors (Lipinski definition) is 1. The second-order valence-electron chi connectivity index (χ2n) is 6.44. The minimum Gasteiger partial charge on any atom is -0.309 e. The van der Waals surface area contributed by atoms with Crippen molar-refractivity contribution in [2.75, 3.05) is 6.54 Å². The third kappa shape index (κ3) is 3.24. The summed E-state index contributed by atoms with van der Waals surface area (Å²) in [5, 5.41) is 6.35. The molecule has 0 aliphatic carbocycles. The van der Waals surface area contributed by atoms with E-state index < -0.39 is 0 Å². The molecule has 0 bridgehead atoms. The third-order valence-electron chi connectivity index (χ3n) is 3.68. The van der Waals surface area contributed by atoms with Gasteiger partial charge in [0.1, 0.15) is 0 Å². The maximum absolute atomic E-state index is 3.72. The van der Waals surface area contributed by atoms with Crippen molar-refractivity contribution >= 4 is 26.7 Å². The molecule has 0 saturated heterocycles. The van der Waals surface area contributed by atoms with Crippen LogP contribution in [0.5, 0.6) is 0 Å². The Morgan fingerprint density at radius 1 is 1.05 bits per heavy atom. The molecule has 1 unspecified atom stereocenters. The Labute approximate surface area is 130 Å². The van der Waals surface area contributed by atoms with Crippen LogP contribution in [0.3, 0.4) is 0 Å². The Morgan fingerprint density at radius 3 is 2.30 bits per heavy atom. The fourth-order valence-corrected chi connectivity index (χ4v) is 3.19. The van der Waals surface area contributed by atoms with E-state index in [-0.39, 0.29) is 5.41 Å². The van der Waals surface area contributed by atoms with Crippen molar-refractivity contribution in [1.82, 2.24) is 5.32 Å². The highest BCUT2D eigenvalue weighted by atomic mass is 79.9. The predicted molar refractivity (Wildman–Crippen MR) is 92.1 cm³/mol. The van der Waals surface area contributed by atoms with E-state index in [1.807, 2.05) is 0 Å². The van der Waals surface area contributed by atoms with Gasteiger partial charge in [0.25, 0.3) is 0 Å². The van der Waals surface area contributed by atoms with Crippen molar-refractivity contribution in [1.29, 1.82) is 0 Å². The van der Waals surface area contributed by atoms with Gasteiger partial charge in [0, 0.05) is 10.5 Å². The average molecular weight is 334 g/mol. The summed E-state index contributed by atoms with van der Waals surface area (Å²) in [5.74, 6) is 0. The number of nitrogens with one attached hydrogen (secondary N) is 1. The van der Waals surface area contributed by atoms with E-state index in [2.05, 4.69) is 85.3 Å². The zero-order valence-electron chi connectivity index (χ0n) is 12.8. The minimum atomic E-state index is 0.186. The molecule has 0 amide bonds.